The Kier molecular flexibility index (Phi) is 5.84. The molecule has 0 aromatic heterocycles. The number of carboxylic acids is 1. The second-order valence-corrected chi connectivity index (χ2v) is 8.01. The monoisotopic (exact) mass is 356 g/mol. The van der Waals surface area contributed by atoms with Gasteiger partial charge in [0.15, 0.2) is 0 Å². The van der Waals surface area contributed by atoms with Crippen molar-refractivity contribution in [3.05, 3.63) is 23.8 Å². The number of methoxy groups -OCH3 is 1. The average Bonchev–Trinajstić information content (AvgIpc) is 2.54. The summed E-state index contributed by atoms with van der Waals surface area (Å²) in [5.74, 6) is -0.218. The van der Waals surface area contributed by atoms with Crippen LogP contribution >= 0.6 is 0 Å². The largest absolute Gasteiger partial charge is 0.496 e. The standard InChI is InChI=1S/C16H24N2O5S/c1-12-10-14(4-5-15(12)23-3)24(21,22)18-8-6-13(7-9-18)17(2)11-16(19)20/h4-5,10,13H,6-9,11H2,1-3H3,(H,19,20). The number of benzene rings is 1. The molecule has 8 heteroatoms. The van der Waals surface area contributed by atoms with Crippen LogP contribution in [0.15, 0.2) is 23.1 Å². The molecular weight excluding hydrogens is 332 g/mol. The molecule has 1 fully saturated rings. The summed E-state index contributed by atoms with van der Waals surface area (Å²) in [5, 5.41) is 8.85. The molecule has 1 heterocycles. The van der Waals surface area contributed by atoms with Crippen LogP contribution in [0.1, 0.15) is 18.4 Å². The van der Waals surface area contributed by atoms with Crippen molar-refractivity contribution in [3.8, 4) is 5.75 Å². The minimum absolute atomic E-state index is 0.0326. The van der Waals surface area contributed by atoms with Crippen LogP contribution in [0.3, 0.4) is 0 Å². The number of carbonyl (C=O) groups is 1. The van der Waals surface area contributed by atoms with Gasteiger partial charge < -0.3 is 9.84 Å². The van der Waals surface area contributed by atoms with Crippen molar-refractivity contribution < 1.29 is 23.1 Å². The molecule has 1 aromatic rings. The van der Waals surface area contributed by atoms with Crippen LogP contribution in [0.25, 0.3) is 0 Å². The van der Waals surface area contributed by atoms with E-state index in [1.54, 1.807) is 37.3 Å². The van der Waals surface area contributed by atoms with E-state index in [0.717, 1.165) is 5.56 Å². The van der Waals surface area contributed by atoms with E-state index in [1.807, 2.05) is 6.92 Å². The summed E-state index contributed by atoms with van der Waals surface area (Å²) in [4.78, 5) is 12.8. The molecule has 0 radical (unpaired) electrons. The second-order valence-electron chi connectivity index (χ2n) is 6.08. The molecule has 0 bridgehead atoms. The lowest BCUT2D eigenvalue weighted by Crippen LogP contribution is -2.46. The zero-order valence-electron chi connectivity index (χ0n) is 14.2. The summed E-state index contributed by atoms with van der Waals surface area (Å²) in [6.45, 7) is 2.56. The summed E-state index contributed by atoms with van der Waals surface area (Å²) in [5.41, 5.74) is 0.773. The van der Waals surface area contributed by atoms with Crippen molar-refractivity contribution in [2.24, 2.45) is 0 Å². The zero-order valence-corrected chi connectivity index (χ0v) is 15.0. The summed E-state index contributed by atoms with van der Waals surface area (Å²) in [6, 6.07) is 4.93. The predicted octanol–water partition coefficient (Wildman–Crippen LogP) is 1.17. The summed E-state index contributed by atoms with van der Waals surface area (Å²) in [7, 11) is -0.229. The van der Waals surface area contributed by atoms with Gasteiger partial charge in [-0.3, -0.25) is 9.69 Å². The van der Waals surface area contributed by atoms with Crippen LogP contribution in [0, 0.1) is 6.92 Å². The molecule has 0 atom stereocenters. The van der Waals surface area contributed by atoms with Crippen LogP contribution < -0.4 is 4.74 Å². The number of aryl methyl sites for hydroxylation is 1. The molecule has 0 unspecified atom stereocenters. The maximum Gasteiger partial charge on any atom is 0.317 e. The van der Waals surface area contributed by atoms with Gasteiger partial charge in [-0.2, -0.15) is 4.31 Å². The Morgan fingerprint density at radius 2 is 2.00 bits per heavy atom. The molecule has 1 aromatic carbocycles. The van der Waals surface area contributed by atoms with Gasteiger partial charge >= 0.3 is 5.97 Å². The molecule has 1 aliphatic heterocycles. The van der Waals surface area contributed by atoms with Gasteiger partial charge in [-0.1, -0.05) is 0 Å². The molecule has 134 valence electrons. The molecule has 1 saturated heterocycles. The Morgan fingerprint density at radius 3 is 2.50 bits per heavy atom. The first kappa shape index (κ1) is 18.7. The fraction of sp³-hybridized carbons (Fsp3) is 0.562. The van der Waals surface area contributed by atoms with Crippen LogP contribution in [-0.2, 0) is 14.8 Å². The van der Waals surface area contributed by atoms with Gasteiger partial charge in [0.1, 0.15) is 5.75 Å². The lowest BCUT2D eigenvalue weighted by atomic mass is 10.1. The Hall–Kier alpha value is -1.64. The summed E-state index contributed by atoms with van der Waals surface area (Å²) >= 11 is 0. The minimum atomic E-state index is -3.54. The third kappa shape index (κ3) is 4.06. The number of sulfonamides is 1. The number of carboxylic acid groups (broad SMARTS) is 1. The first-order chi connectivity index (χ1) is 11.3. The van der Waals surface area contributed by atoms with E-state index >= 15 is 0 Å². The van der Waals surface area contributed by atoms with Crippen molar-refractivity contribution >= 4 is 16.0 Å². The maximum absolute atomic E-state index is 12.8. The van der Waals surface area contributed by atoms with Gasteiger partial charge in [0.25, 0.3) is 0 Å². The Labute approximate surface area is 142 Å². The topological polar surface area (TPSA) is 87.2 Å². The highest BCUT2D eigenvalue weighted by Gasteiger charge is 2.31. The maximum atomic E-state index is 12.8. The average molecular weight is 356 g/mol. The molecule has 0 aliphatic carbocycles. The summed E-state index contributed by atoms with van der Waals surface area (Å²) in [6.07, 6.45) is 1.25. The highest BCUT2D eigenvalue weighted by molar-refractivity contribution is 7.89. The van der Waals surface area contributed by atoms with E-state index in [1.165, 1.54) is 4.31 Å². The van der Waals surface area contributed by atoms with Crippen molar-refractivity contribution in [2.75, 3.05) is 33.8 Å². The lowest BCUT2D eigenvalue weighted by Gasteiger charge is -2.35. The van der Waals surface area contributed by atoms with Gasteiger partial charge in [0.05, 0.1) is 18.6 Å². The van der Waals surface area contributed by atoms with Crippen LogP contribution in [-0.4, -0.2) is 68.5 Å². The van der Waals surface area contributed by atoms with Crippen LogP contribution in [0.2, 0.25) is 0 Å². The molecule has 0 amide bonds. The van der Waals surface area contributed by atoms with E-state index in [9.17, 15) is 13.2 Å². The zero-order chi connectivity index (χ0) is 17.9. The van der Waals surface area contributed by atoms with Crippen molar-refractivity contribution in [2.45, 2.75) is 30.7 Å². The second kappa shape index (κ2) is 7.50. The highest BCUT2D eigenvalue weighted by Crippen LogP contribution is 2.26. The number of nitrogens with zero attached hydrogens (tertiary/aromatic N) is 2. The van der Waals surface area contributed by atoms with Crippen molar-refractivity contribution in [1.29, 1.82) is 0 Å². The fourth-order valence-corrected chi connectivity index (χ4v) is 4.58. The molecule has 1 aliphatic rings. The molecule has 0 saturated carbocycles. The molecule has 0 spiro atoms. The molecule has 1 N–H and O–H groups in total. The lowest BCUT2D eigenvalue weighted by molar-refractivity contribution is -0.138. The van der Waals surface area contributed by atoms with Gasteiger partial charge in [0.2, 0.25) is 10.0 Å². The number of rotatable bonds is 6. The first-order valence-corrected chi connectivity index (χ1v) is 9.26. The number of hydrogen-bond acceptors (Lipinski definition) is 5. The minimum Gasteiger partial charge on any atom is -0.496 e. The Bertz CT molecular complexity index is 696. The quantitative estimate of drug-likeness (QED) is 0.823. The van der Waals surface area contributed by atoms with E-state index in [-0.39, 0.29) is 17.5 Å². The Balaban J connectivity index is 2.07. The normalized spacial score (nSPS) is 17.2. The van der Waals surface area contributed by atoms with E-state index < -0.39 is 16.0 Å². The molecular formula is C16H24N2O5S. The van der Waals surface area contributed by atoms with Gasteiger partial charge in [-0.15, -0.1) is 0 Å². The van der Waals surface area contributed by atoms with Crippen LogP contribution in [0.4, 0.5) is 0 Å². The van der Waals surface area contributed by atoms with E-state index in [0.29, 0.717) is 31.7 Å². The molecule has 24 heavy (non-hydrogen) atoms. The third-order valence-corrected chi connectivity index (χ3v) is 6.33. The fourth-order valence-electron chi connectivity index (χ4n) is 3.03. The van der Waals surface area contributed by atoms with Gasteiger partial charge in [-0.25, -0.2) is 8.42 Å². The highest BCUT2D eigenvalue weighted by atomic mass is 32.2. The molecule has 7 nitrogen and oxygen atoms in total. The smallest absolute Gasteiger partial charge is 0.317 e. The first-order valence-electron chi connectivity index (χ1n) is 7.82. The van der Waals surface area contributed by atoms with E-state index in [2.05, 4.69) is 0 Å². The van der Waals surface area contributed by atoms with Gasteiger partial charge in [-0.05, 0) is 50.6 Å². The predicted molar refractivity (Wildman–Crippen MR) is 89.8 cm³/mol. The third-order valence-electron chi connectivity index (χ3n) is 4.44. The van der Waals surface area contributed by atoms with Crippen LogP contribution in [0.5, 0.6) is 5.75 Å². The number of aliphatic carboxylic acids is 1. The van der Waals surface area contributed by atoms with Gasteiger partial charge in [0, 0.05) is 19.1 Å². The van der Waals surface area contributed by atoms with Crippen molar-refractivity contribution in [1.82, 2.24) is 9.21 Å². The number of likely N-dealkylation sites (N-methyl/N-ethyl adjacent to an activating group) is 1. The number of hydrogen-bond donors (Lipinski definition) is 1. The van der Waals surface area contributed by atoms with Crippen molar-refractivity contribution in [3.63, 3.8) is 0 Å². The number of piperidine rings is 1. The van der Waals surface area contributed by atoms with E-state index in [4.69, 9.17) is 9.84 Å². The number of ether oxygens (including phenoxy) is 1. The Morgan fingerprint density at radius 1 is 1.38 bits per heavy atom. The molecule has 2 rings (SSSR count). The summed E-state index contributed by atoms with van der Waals surface area (Å²) < 4.78 is 32.2. The SMILES string of the molecule is COc1ccc(S(=O)(=O)N2CCC(N(C)CC(=O)O)CC2)cc1C.